The number of benzene rings is 1. The van der Waals surface area contributed by atoms with Crippen LogP contribution in [-0.2, 0) is 6.42 Å². The van der Waals surface area contributed by atoms with Crippen molar-refractivity contribution in [3.63, 3.8) is 0 Å². The molecule has 18 heavy (non-hydrogen) atoms. The lowest BCUT2D eigenvalue weighted by Gasteiger charge is -2.26. The summed E-state index contributed by atoms with van der Waals surface area (Å²) in [6.07, 6.45) is 4.53. The molecular weight excluding hydrogens is 227 g/mol. The Balaban J connectivity index is 2.09. The van der Waals surface area contributed by atoms with Crippen LogP contribution in [0.25, 0.3) is 0 Å². The lowest BCUT2D eigenvalue weighted by atomic mass is 9.86. The Labute approximate surface area is 109 Å². The standard InChI is InChI=1S/C16H23FO/c1-16(2,3)10-13-14(17)8-5-9-15(13)18-11-12-6-4-7-12/h5,8-9,12H,4,6-7,10-11H2,1-3H3. The second kappa shape index (κ2) is 5.29. The summed E-state index contributed by atoms with van der Waals surface area (Å²) in [5.74, 6) is 1.27. The molecule has 1 fully saturated rings. The van der Waals surface area contributed by atoms with E-state index in [0.29, 0.717) is 12.3 Å². The van der Waals surface area contributed by atoms with Crippen molar-refractivity contribution in [1.82, 2.24) is 0 Å². The Hall–Kier alpha value is -1.05. The van der Waals surface area contributed by atoms with Crippen LogP contribution in [0.3, 0.4) is 0 Å². The zero-order chi connectivity index (χ0) is 13.2. The van der Waals surface area contributed by atoms with Gasteiger partial charge in [-0.15, -0.1) is 0 Å². The molecule has 0 radical (unpaired) electrons. The Morgan fingerprint density at radius 3 is 2.56 bits per heavy atom. The van der Waals surface area contributed by atoms with E-state index in [-0.39, 0.29) is 11.2 Å². The van der Waals surface area contributed by atoms with Crippen molar-refractivity contribution in [3.8, 4) is 5.75 Å². The average molecular weight is 250 g/mol. The van der Waals surface area contributed by atoms with Gasteiger partial charge in [0, 0.05) is 5.56 Å². The average Bonchev–Trinajstić information content (AvgIpc) is 2.19. The lowest BCUT2D eigenvalue weighted by Crippen LogP contribution is -2.20. The predicted molar refractivity (Wildman–Crippen MR) is 72.4 cm³/mol. The van der Waals surface area contributed by atoms with Crippen LogP contribution in [0.1, 0.15) is 45.6 Å². The zero-order valence-electron chi connectivity index (χ0n) is 11.6. The van der Waals surface area contributed by atoms with Gasteiger partial charge in [0.1, 0.15) is 11.6 Å². The Kier molecular flexibility index (Phi) is 3.94. The van der Waals surface area contributed by atoms with Crippen molar-refractivity contribution >= 4 is 0 Å². The van der Waals surface area contributed by atoms with E-state index in [1.807, 2.05) is 6.07 Å². The van der Waals surface area contributed by atoms with Crippen molar-refractivity contribution in [2.24, 2.45) is 11.3 Å². The molecule has 0 spiro atoms. The fraction of sp³-hybridized carbons (Fsp3) is 0.625. The molecule has 0 bridgehead atoms. The molecule has 1 nitrogen and oxygen atoms in total. The summed E-state index contributed by atoms with van der Waals surface area (Å²) >= 11 is 0. The third kappa shape index (κ3) is 3.47. The molecule has 1 saturated carbocycles. The second-order valence-corrected chi connectivity index (χ2v) is 6.56. The van der Waals surface area contributed by atoms with Crippen molar-refractivity contribution in [3.05, 3.63) is 29.6 Å². The Morgan fingerprint density at radius 1 is 1.28 bits per heavy atom. The zero-order valence-corrected chi connectivity index (χ0v) is 11.6. The molecule has 0 unspecified atom stereocenters. The van der Waals surface area contributed by atoms with Crippen molar-refractivity contribution in [1.29, 1.82) is 0 Å². The van der Waals surface area contributed by atoms with Gasteiger partial charge in [0.2, 0.25) is 0 Å². The molecule has 100 valence electrons. The van der Waals surface area contributed by atoms with E-state index in [4.69, 9.17) is 4.74 Å². The first-order valence-electron chi connectivity index (χ1n) is 6.86. The summed E-state index contributed by atoms with van der Waals surface area (Å²) in [6, 6.07) is 5.15. The van der Waals surface area contributed by atoms with E-state index in [1.54, 1.807) is 6.07 Å². The van der Waals surface area contributed by atoms with Gasteiger partial charge in [0.25, 0.3) is 0 Å². The van der Waals surface area contributed by atoms with Gasteiger partial charge in [-0.2, -0.15) is 0 Å². The van der Waals surface area contributed by atoms with Gasteiger partial charge in [-0.1, -0.05) is 33.3 Å². The topological polar surface area (TPSA) is 9.23 Å². The van der Waals surface area contributed by atoms with E-state index >= 15 is 0 Å². The van der Waals surface area contributed by atoms with E-state index < -0.39 is 0 Å². The fourth-order valence-electron chi connectivity index (χ4n) is 2.24. The number of ether oxygens (including phenoxy) is 1. The summed E-state index contributed by atoms with van der Waals surface area (Å²) in [7, 11) is 0. The van der Waals surface area contributed by atoms with Crippen LogP contribution in [0.15, 0.2) is 18.2 Å². The number of halogens is 1. The second-order valence-electron chi connectivity index (χ2n) is 6.56. The SMILES string of the molecule is CC(C)(C)Cc1c(F)cccc1OCC1CCC1. The highest BCUT2D eigenvalue weighted by atomic mass is 19.1. The molecule has 0 atom stereocenters. The van der Waals surface area contributed by atoms with Gasteiger partial charge in [-0.3, -0.25) is 0 Å². The third-order valence-electron chi connectivity index (χ3n) is 3.48. The predicted octanol–water partition coefficient (Wildman–Crippen LogP) is 4.59. The number of hydrogen-bond acceptors (Lipinski definition) is 1. The quantitative estimate of drug-likeness (QED) is 0.759. The Bertz CT molecular complexity index is 402. The molecule has 1 aliphatic rings. The highest BCUT2D eigenvalue weighted by Gasteiger charge is 2.21. The molecule has 1 aliphatic carbocycles. The molecule has 0 N–H and O–H groups in total. The van der Waals surface area contributed by atoms with Gasteiger partial charge in [-0.05, 0) is 42.7 Å². The smallest absolute Gasteiger partial charge is 0.130 e. The minimum Gasteiger partial charge on any atom is -0.493 e. The van der Waals surface area contributed by atoms with Gasteiger partial charge in [-0.25, -0.2) is 4.39 Å². The van der Waals surface area contributed by atoms with Crippen LogP contribution in [0.2, 0.25) is 0 Å². The molecule has 1 aromatic rings. The van der Waals surface area contributed by atoms with Gasteiger partial charge in [0.15, 0.2) is 0 Å². The minimum absolute atomic E-state index is 0.0662. The van der Waals surface area contributed by atoms with Crippen LogP contribution >= 0.6 is 0 Å². The molecule has 0 heterocycles. The molecular formula is C16H23FO. The van der Waals surface area contributed by atoms with Crippen LogP contribution in [0, 0.1) is 17.2 Å². The van der Waals surface area contributed by atoms with Crippen molar-refractivity contribution < 1.29 is 9.13 Å². The van der Waals surface area contributed by atoms with Crippen LogP contribution < -0.4 is 4.74 Å². The van der Waals surface area contributed by atoms with E-state index in [2.05, 4.69) is 20.8 Å². The largest absolute Gasteiger partial charge is 0.493 e. The van der Waals surface area contributed by atoms with E-state index in [1.165, 1.54) is 25.3 Å². The maximum atomic E-state index is 13.9. The van der Waals surface area contributed by atoms with E-state index in [0.717, 1.165) is 17.9 Å². The minimum atomic E-state index is -0.143. The number of rotatable bonds is 4. The summed E-state index contributed by atoms with van der Waals surface area (Å²) < 4.78 is 19.7. The van der Waals surface area contributed by atoms with Gasteiger partial charge in [0.05, 0.1) is 6.61 Å². The maximum absolute atomic E-state index is 13.9. The highest BCUT2D eigenvalue weighted by molar-refractivity contribution is 5.35. The maximum Gasteiger partial charge on any atom is 0.130 e. The first-order chi connectivity index (χ1) is 8.46. The normalized spacial score (nSPS) is 16.4. The van der Waals surface area contributed by atoms with Crippen molar-refractivity contribution in [2.45, 2.75) is 46.5 Å². The third-order valence-corrected chi connectivity index (χ3v) is 3.48. The first kappa shape index (κ1) is 13.4. The molecule has 0 aliphatic heterocycles. The monoisotopic (exact) mass is 250 g/mol. The summed E-state index contributed by atoms with van der Waals surface area (Å²) in [5.41, 5.74) is 0.792. The molecule has 0 amide bonds. The van der Waals surface area contributed by atoms with Gasteiger partial charge >= 0.3 is 0 Å². The first-order valence-corrected chi connectivity index (χ1v) is 6.86. The van der Waals surface area contributed by atoms with Crippen LogP contribution in [0.4, 0.5) is 4.39 Å². The van der Waals surface area contributed by atoms with Crippen LogP contribution in [-0.4, -0.2) is 6.61 Å². The summed E-state index contributed by atoms with van der Waals surface area (Å²) in [4.78, 5) is 0. The molecule has 2 rings (SSSR count). The van der Waals surface area contributed by atoms with Gasteiger partial charge < -0.3 is 4.74 Å². The Morgan fingerprint density at radius 2 is 2.00 bits per heavy atom. The number of hydrogen-bond donors (Lipinski definition) is 0. The van der Waals surface area contributed by atoms with Crippen molar-refractivity contribution in [2.75, 3.05) is 6.61 Å². The molecule has 0 saturated heterocycles. The molecule has 2 heteroatoms. The van der Waals surface area contributed by atoms with Crippen LogP contribution in [0.5, 0.6) is 5.75 Å². The lowest BCUT2D eigenvalue weighted by molar-refractivity contribution is 0.178. The molecule has 1 aromatic carbocycles. The summed E-state index contributed by atoms with van der Waals surface area (Å²) in [5, 5.41) is 0. The fourth-order valence-corrected chi connectivity index (χ4v) is 2.24. The summed E-state index contributed by atoms with van der Waals surface area (Å²) in [6.45, 7) is 7.10. The van der Waals surface area contributed by atoms with E-state index in [9.17, 15) is 4.39 Å². The molecule has 0 aromatic heterocycles. The highest BCUT2D eigenvalue weighted by Crippen LogP contribution is 2.32.